The first-order valence-corrected chi connectivity index (χ1v) is 7.50. The third-order valence-electron chi connectivity index (χ3n) is 3.63. The van der Waals surface area contributed by atoms with Crippen LogP contribution in [0, 0.1) is 6.92 Å². The molecule has 0 saturated heterocycles. The van der Waals surface area contributed by atoms with Gasteiger partial charge in [0.05, 0.1) is 17.4 Å². The number of carbonyl (C=O) groups is 1. The van der Waals surface area contributed by atoms with Gasteiger partial charge >= 0.3 is 0 Å². The van der Waals surface area contributed by atoms with Crippen LogP contribution in [0.2, 0.25) is 0 Å². The zero-order valence-corrected chi connectivity index (χ0v) is 13.1. The van der Waals surface area contributed by atoms with Crippen LogP contribution < -0.4 is 5.32 Å². The van der Waals surface area contributed by atoms with Crippen LogP contribution in [0.4, 0.5) is 0 Å². The van der Waals surface area contributed by atoms with E-state index in [-0.39, 0.29) is 11.9 Å². The number of hydrogen-bond acceptors (Lipinski definition) is 3. The monoisotopic (exact) mass is 306 g/mol. The Morgan fingerprint density at radius 3 is 2.26 bits per heavy atom. The molecule has 0 bridgehead atoms. The first-order chi connectivity index (χ1) is 11.1. The maximum atomic E-state index is 12.5. The van der Waals surface area contributed by atoms with Crippen LogP contribution in [-0.2, 0) is 0 Å². The first kappa shape index (κ1) is 15.0. The molecular formula is C18H18N4O. The van der Waals surface area contributed by atoms with E-state index in [1.807, 2.05) is 67.6 Å². The smallest absolute Gasteiger partial charge is 0.274 e. The molecule has 1 amide bonds. The second-order valence-electron chi connectivity index (χ2n) is 5.36. The van der Waals surface area contributed by atoms with Gasteiger partial charge in [-0.05, 0) is 31.5 Å². The number of para-hydroxylation sites is 1. The quantitative estimate of drug-likeness (QED) is 0.806. The molecule has 0 aliphatic rings. The molecule has 1 atom stereocenters. The van der Waals surface area contributed by atoms with Crippen molar-refractivity contribution in [1.29, 1.82) is 0 Å². The molecule has 23 heavy (non-hydrogen) atoms. The van der Waals surface area contributed by atoms with Crippen LogP contribution in [-0.4, -0.2) is 20.9 Å². The standard InChI is InChI=1S/C18H18N4O/c1-13(15-9-5-3-6-10-15)19-18(23)17-14(2)20-22(21-17)16-11-7-4-8-12-16/h3-13H,1-2H3,(H,19,23). The van der Waals surface area contributed by atoms with Gasteiger partial charge in [-0.3, -0.25) is 4.79 Å². The number of carbonyl (C=O) groups excluding carboxylic acids is 1. The number of hydrogen-bond donors (Lipinski definition) is 1. The topological polar surface area (TPSA) is 59.8 Å². The highest BCUT2D eigenvalue weighted by Gasteiger charge is 2.18. The van der Waals surface area contributed by atoms with Gasteiger partial charge in [-0.15, -0.1) is 5.10 Å². The summed E-state index contributed by atoms with van der Waals surface area (Å²) in [6, 6.07) is 19.3. The van der Waals surface area contributed by atoms with Gasteiger partial charge in [0.25, 0.3) is 5.91 Å². The lowest BCUT2D eigenvalue weighted by Crippen LogP contribution is -2.27. The molecule has 1 aromatic heterocycles. The lowest BCUT2D eigenvalue weighted by molar-refractivity contribution is 0.0934. The van der Waals surface area contributed by atoms with Gasteiger partial charge < -0.3 is 5.32 Å². The molecule has 3 rings (SSSR count). The normalized spacial score (nSPS) is 11.9. The number of amides is 1. The highest BCUT2D eigenvalue weighted by atomic mass is 16.2. The molecular weight excluding hydrogens is 288 g/mol. The number of aromatic nitrogens is 3. The summed E-state index contributed by atoms with van der Waals surface area (Å²) >= 11 is 0. The summed E-state index contributed by atoms with van der Waals surface area (Å²) in [6.07, 6.45) is 0. The van der Waals surface area contributed by atoms with E-state index in [1.54, 1.807) is 6.92 Å². The Balaban J connectivity index is 1.79. The SMILES string of the molecule is Cc1nn(-c2ccccc2)nc1C(=O)NC(C)c1ccccc1. The van der Waals surface area contributed by atoms with Crippen molar-refractivity contribution in [3.05, 3.63) is 77.6 Å². The summed E-state index contributed by atoms with van der Waals surface area (Å²) in [5.74, 6) is -0.221. The van der Waals surface area contributed by atoms with Crippen molar-refractivity contribution in [3.8, 4) is 5.69 Å². The van der Waals surface area contributed by atoms with E-state index in [4.69, 9.17) is 0 Å². The fourth-order valence-corrected chi connectivity index (χ4v) is 2.36. The van der Waals surface area contributed by atoms with Gasteiger partial charge in [-0.1, -0.05) is 48.5 Å². The van der Waals surface area contributed by atoms with Crippen molar-refractivity contribution in [1.82, 2.24) is 20.3 Å². The highest BCUT2D eigenvalue weighted by molar-refractivity contribution is 5.93. The van der Waals surface area contributed by atoms with Crippen molar-refractivity contribution in [3.63, 3.8) is 0 Å². The van der Waals surface area contributed by atoms with Gasteiger partial charge in [0.2, 0.25) is 0 Å². The maximum Gasteiger partial charge on any atom is 0.274 e. The van der Waals surface area contributed by atoms with Crippen molar-refractivity contribution < 1.29 is 4.79 Å². The second kappa shape index (κ2) is 6.44. The minimum absolute atomic E-state index is 0.0926. The minimum Gasteiger partial charge on any atom is -0.344 e. The Labute approximate surface area is 135 Å². The fraction of sp³-hybridized carbons (Fsp3) is 0.167. The molecule has 5 nitrogen and oxygen atoms in total. The number of benzene rings is 2. The van der Waals surface area contributed by atoms with E-state index >= 15 is 0 Å². The molecule has 0 saturated carbocycles. The summed E-state index contributed by atoms with van der Waals surface area (Å²) in [7, 11) is 0. The van der Waals surface area contributed by atoms with Crippen LogP contribution in [0.5, 0.6) is 0 Å². The second-order valence-corrected chi connectivity index (χ2v) is 5.36. The van der Waals surface area contributed by atoms with Crippen LogP contribution in [0.3, 0.4) is 0 Å². The average Bonchev–Trinajstić information content (AvgIpc) is 2.98. The first-order valence-electron chi connectivity index (χ1n) is 7.50. The molecule has 0 aliphatic heterocycles. The molecule has 0 fully saturated rings. The van der Waals surface area contributed by atoms with Crippen molar-refractivity contribution in [2.45, 2.75) is 19.9 Å². The lowest BCUT2D eigenvalue weighted by Gasteiger charge is -2.13. The number of aryl methyl sites for hydroxylation is 1. The summed E-state index contributed by atoms with van der Waals surface area (Å²) < 4.78 is 0. The summed E-state index contributed by atoms with van der Waals surface area (Å²) in [5.41, 5.74) is 2.82. The summed E-state index contributed by atoms with van der Waals surface area (Å²) in [6.45, 7) is 3.73. The Kier molecular flexibility index (Phi) is 4.19. The number of nitrogens with one attached hydrogen (secondary N) is 1. The van der Waals surface area contributed by atoms with Gasteiger partial charge in [-0.25, -0.2) is 0 Å². The molecule has 3 aromatic rings. The van der Waals surface area contributed by atoms with Gasteiger partial charge in [0, 0.05) is 0 Å². The van der Waals surface area contributed by atoms with Crippen molar-refractivity contribution in [2.75, 3.05) is 0 Å². The van der Waals surface area contributed by atoms with Crippen LogP contribution in [0.25, 0.3) is 5.69 Å². The van der Waals surface area contributed by atoms with Crippen LogP contribution in [0.15, 0.2) is 60.7 Å². The Morgan fingerprint density at radius 2 is 1.61 bits per heavy atom. The Bertz CT molecular complexity index is 796. The van der Waals surface area contributed by atoms with E-state index in [0.717, 1.165) is 11.3 Å². The maximum absolute atomic E-state index is 12.5. The summed E-state index contributed by atoms with van der Waals surface area (Å²) in [4.78, 5) is 14.0. The predicted octanol–water partition coefficient (Wildman–Crippen LogP) is 3.07. The van der Waals surface area contributed by atoms with E-state index in [1.165, 1.54) is 4.80 Å². The Hall–Kier alpha value is -2.95. The van der Waals surface area contributed by atoms with Crippen molar-refractivity contribution >= 4 is 5.91 Å². The molecule has 5 heteroatoms. The van der Waals surface area contributed by atoms with Gasteiger partial charge in [0.1, 0.15) is 0 Å². The highest BCUT2D eigenvalue weighted by Crippen LogP contribution is 2.13. The van der Waals surface area contributed by atoms with Crippen LogP contribution >= 0.6 is 0 Å². The molecule has 1 heterocycles. The minimum atomic E-state index is -0.221. The molecule has 1 N–H and O–H groups in total. The molecule has 2 aromatic carbocycles. The molecule has 0 aliphatic carbocycles. The van der Waals surface area contributed by atoms with E-state index < -0.39 is 0 Å². The third kappa shape index (κ3) is 3.29. The molecule has 0 radical (unpaired) electrons. The summed E-state index contributed by atoms with van der Waals surface area (Å²) in [5, 5.41) is 11.6. The predicted molar refractivity (Wildman–Crippen MR) is 88.4 cm³/mol. The molecule has 0 spiro atoms. The largest absolute Gasteiger partial charge is 0.344 e. The third-order valence-corrected chi connectivity index (χ3v) is 3.63. The van der Waals surface area contributed by atoms with Crippen molar-refractivity contribution in [2.24, 2.45) is 0 Å². The zero-order valence-electron chi connectivity index (χ0n) is 13.1. The Morgan fingerprint density at radius 1 is 1.00 bits per heavy atom. The van der Waals surface area contributed by atoms with Gasteiger partial charge in [-0.2, -0.15) is 9.90 Å². The van der Waals surface area contributed by atoms with E-state index in [2.05, 4.69) is 15.5 Å². The zero-order chi connectivity index (χ0) is 16.2. The number of rotatable bonds is 4. The van der Waals surface area contributed by atoms with E-state index in [9.17, 15) is 4.79 Å². The average molecular weight is 306 g/mol. The molecule has 116 valence electrons. The molecule has 1 unspecified atom stereocenters. The fourth-order valence-electron chi connectivity index (χ4n) is 2.36. The van der Waals surface area contributed by atoms with Gasteiger partial charge in [0.15, 0.2) is 5.69 Å². The van der Waals surface area contributed by atoms with E-state index in [0.29, 0.717) is 11.4 Å². The number of nitrogens with zero attached hydrogens (tertiary/aromatic N) is 3. The van der Waals surface area contributed by atoms with Crippen LogP contribution in [0.1, 0.15) is 34.7 Å². The lowest BCUT2D eigenvalue weighted by atomic mass is 10.1.